The second-order valence-corrected chi connectivity index (χ2v) is 5.66. The molecule has 0 aliphatic carbocycles. The zero-order valence-corrected chi connectivity index (χ0v) is 14.6. The summed E-state index contributed by atoms with van der Waals surface area (Å²) < 4.78 is 5.35. The van der Waals surface area contributed by atoms with Crippen molar-refractivity contribution < 1.29 is 9.53 Å². The van der Waals surface area contributed by atoms with Crippen LogP contribution in [0.25, 0.3) is 0 Å². The molecule has 0 heterocycles. The first-order valence-electron chi connectivity index (χ1n) is 7.04. The van der Waals surface area contributed by atoms with Crippen molar-refractivity contribution >= 4 is 35.8 Å². The molecule has 21 heavy (non-hydrogen) atoms. The molecule has 0 saturated carbocycles. The summed E-state index contributed by atoms with van der Waals surface area (Å²) >= 11 is 1.60. The van der Waals surface area contributed by atoms with Crippen molar-refractivity contribution in [1.29, 1.82) is 0 Å². The first kappa shape index (κ1) is 20.1. The van der Waals surface area contributed by atoms with Crippen LogP contribution in [0.4, 0.5) is 5.69 Å². The van der Waals surface area contributed by atoms with Gasteiger partial charge in [0, 0.05) is 17.1 Å². The number of nitrogens with zero attached hydrogens (tertiary/aromatic N) is 1. The van der Waals surface area contributed by atoms with E-state index in [0.717, 1.165) is 30.3 Å². The highest BCUT2D eigenvalue weighted by atomic mass is 35.5. The Bertz CT molecular complexity index is 440. The maximum Gasteiger partial charge on any atom is 0.339 e. The summed E-state index contributed by atoms with van der Waals surface area (Å²) in [6.45, 7) is 9.36. The highest BCUT2D eigenvalue weighted by Gasteiger charge is 2.13. The fourth-order valence-electron chi connectivity index (χ4n) is 1.87. The zero-order valence-electron chi connectivity index (χ0n) is 12.9. The fraction of sp³-hybridized carbons (Fsp3) is 0.533. The van der Waals surface area contributed by atoms with E-state index < -0.39 is 0 Å². The normalized spacial score (nSPS) is 10.3. The van der Waals surface area contributed by atoms with Gasteiger partial charge in [-0.2, -0.15) is 0 Å². The molecular weight excluding hydrogens is 308 g/mol. The van der Waals surface area contributed by atoms with Crippen molar-refractivity contribution in [1.82, 2.24) is 4.90 Å². The van der Waals surface area contributed by atoms with Crippen LogP contribution >= 0.6 is 24.2 Å². The molecule has 0 aromatic heterocycles. The number of benzene rings is 1. The van der Waals surface area contributed by atoms with Crippen LogP contribution in [-0.2, 0) is 4.74 Å². The van der Waals surface area contributed by atoms with Crippen molar-refractivity contribution in [3.8, 4) is 0 Å². The molecule has 0 saturated heterocycles. The molecule has 1 aromatic carbocycles. The van der Waals surface area contributed by atoms with Crippen molar-refractivity contribution in [2.24, 2.45) is 0 Å². The van der Waals surface area contributed by atoms with Gasteiger partial charge in [0.05, 0.1) is 5.56 Å². The third-order valence-corrected chi connectivity index (χ3v) is 4.00. The monoisotopic (exact) mass is 332 g/mol. The lowest BCUT2D eigenvalue weighted by molar-refractivity contribution is 0.0462. The van der Waals surface area contributed by atoms with Gasteiger partial charge in [0.25, 0.3) is 0 Å². The van der Waals surface area contributed by atoms with Gasteiger partial charge in [-0.15, -0.1) is 24.2 Å². The van der Waals surface area contributed by atoms with Gasteiger partial charge in [0.1, 0.15) is 6.61 Å². The van der Waals surface area contributed by atoms with E-state index in [1.807, 2.05) is 13.0 Å². The number of nitrogen functional groups attached to an aromatic ring is 1. The molecule has 120 valence electrons. The number of rotatable bonds is 8. The Morgan fingerprint density at radius 3 is 2.52 bits per heavy atom. The Balaban J connectivity index is 0.00000400. The molecule has 6 heteroatoms. The summed E-state index contributed by atoms with van der Waals surface area (Å²) in [7, 11) is 0. The molecule has 0 fully saturated rings. The maximum absolute atomic E-state index is 12.1. The fourth-order valence-corrected chi connectivity index (χ4v) is 2.70. The van der Waals surface area contributed by atoms with Gasteiger partial charge in [-0.3, -0.25) is 0 Å². The summed E-state index contributed by atoms with van der Waals surface area (Å²) in [6, 6.07) is 5.31. The van der Waals surface area contributed by atoms with Crippen LogP contribution in [0.5, 0.6) is 0 Å². The van der Waals surface area contributed by atoms with Crippen LogP contribution in [0, 0.1) is 0 Å². The lowest BCUT2D eigenvalue weighted by Gasteiger charge is -2.17. The second kappa shape index (κ2) is 10.8. The topological polar surface area (TPSA) is 55.6 Å². The third-order valence-electron chi connectivity index (χ3n) is 3.06. The number of thioether (sulfide) groups is 1. The van der Waals surface area contributed by atoms with E-state index in [1.165, 1.54) is 0 Å². The van der Waals surface area contributed by atoms with E-state index in [2.05, 4.69) is 18.7 Å². The number of carbonyl (C=O) groups is 1. The predicted octanol–water partition coefficient (Wildman–Crippen LogP) is 3.30. The van der Waals surface area contributed by atoms with Gasteiger partial charge in [0.2, 0.25) is 0 Å². The molecular formula is C15H25ClN2O2S. The lowest BCUT2D eigenvalue weighted by Crippen LogP contribution is -2.28. The number of likely N-dealkylation sites (N-methyl/N-ethyl adjacent to an activating group) is 1. The number of halogens is 1. The summed E-state index contributed by atoms with van der Waals surface area (Å²) in [5.41, 5.74) is 7.03. The van der Waals surface area contributed by atoms with Crippen LogP contribution in [0.2, 0.25) is 0 Å². The average molecular weight is 333 g/mol. The Labute approximate surface area is 137 Å². The van der Waals surface area contributed by atoms with Crippen LogP contribution in [0.15, 0.2) is 23.1 Å². The van der Waals surface area contributed by atoms with Crippen molar-refractivity contribution in [2.75, 3.05) is 37.7 Å². The minimum atomic E-state index is -0.270. The molecule has 2 N–H and O–H groups in total. The summed E-state index contributed by atoms with van der Waals surface area (Å²) in [4.78, 5) is 15.2. The van der Waals surface area contributed by atoms with Crippen molar-refractivity contribution in [3.63, 3.8) is 0 Å². The molecule has 4 nitrogen and oxygen atoms in total. The summed E-state index contributed by atoms with van der Waals surface area (Å²) in [5, 5.41) is 0. The van der Waals surface area contributed by atoms with E-state index in [1.54, 1.807) is 23.9 Å². The average Bonchev–Trinajstić information content (AvgIpc) is 2.44. The highest BCUT2D eigenvalue weighted by molar-refractivity contribution is 7.99. The largest absolute Gasteiger partial charge is 0.461 e. The Morgan fingerprint density at radius 2 is 1.95 bits per heavy atom. The van der Waals surface area contributed by atoms with Crippen molar-refractivity contribution in [3.05, 3.63) is 23.8 Å². The molecule has 0 atom stereocenters. The molecule has 0 amide bonds. The number of carbonyl (C=O) groups excluding carboxylic acids is 1. The van der Waals surface area contributed by atoms with Crippen LogP contribution < -0.4 is 5.73 Å². The standard InChI is InChI=1S/C15H24N2O2S.ClH/c1-4-17(5-2)9-10-19-15(18)13-8-7-12(16)11-14(13)20-6-3;/h7-8,11H,4-6,9-10,16H2,1-3H3;1H. The quantitative estimate of drug-likeness (QED) is 0.449. The van der Waals surface area contributed by atoms with Crippen molar-refractivity contribution in [2.45, 2.75) is 25.7 Å². The number of ether oxygens (including phenoxy) is 1. The number of anilines is 1. The van der Waals surface area contributed by atoms with Gasteiger partial charge in [-0.25, -0.2) is 4.79 Å². The second-order valence-electron chi connectivity index (χ2n) is 4.35. The first-order chi connectivity index (χ1) is 9.62. The summed E-state index contributed by atoms with van der Waals surface area (Å²) in [6.07, 6.45) is 0. The van der Waals surface area contributed by atoms with E-state index >= 15 is 0 Å². The maximum atomic E-state index is 12.1. The van der Waals surface area contributed by atoms with Gasteiger partial charge in [0.15, 0.2) is 0 Å². The molecule has 0 bridgehead atoms. The van der Waals surface area contributed by atoms with Gasteiger partial charge < -0.3 is 15.4 Å². The molecule has 0 unspecified atom stereocenters. The Morgan fingerprint density at radius 1 is 1.29 bits per heavy atom. The van der Waals surface area contributed by atoms with E-state index in [0.29, 0.717) is 17.9 Å². The van der Waals surface area contributed by atoms with Crippen LogP contribution in [0.3, 0.4) is 0 Å². The molecule has 1 aromatic rings. The number of esters is 1. The van der Waals surface area contributed by atoms with E-state index in [4.69, 9.17) is 10.5 Å². The van der Waals surface area contributed by atoms with Crippen LogP contribution in [0.1, 0.15) is 31.1 Å². The Hall–Kier alpha value is -0.910. The first-order valence-corrected chi connectivity index (χ1v) is 8.02. The number of nitrogens with two attached hydrogens (primary N) is 1. The predicted molar refractivity (Wildman–Crippen MR) is 92.6 cm³/mol. The number of hydrogen-bond donors (Lipinski definition) is 1. The number of hydrogen-bond acceptors (Lipinski definition) is 5. The van der Waals surface area contributed by atoms with E-state index in [9.17, 15) is 4.79 Å². The van der Waals surface area contributed by atoms with E-state index in [-0.39, 0.29) is 18.4 Å². The highest BCUT2D eigenvalue weighted by Crippen LogP contribution is 2.25. The molecule has 0 aliphatic heterocycles. The molecule has 0 spiro atoms. The SMILES string of the molecule is CCSc1cc(N)ccc1C(=O)OCCN(CC)CC.Cl. The van der Waals surface area contributed by atoms with Gasteiger partial charge in [-0.1, -0.05) is 20.8 Å². The van der Waals surface area contributed by atoms with Crippen LogP contribution in [-0.4, -0.2) is 42.9 Å². The minimum Gasteiger partial charge on any atom is -0.461 e. The minimum absolute atomic E-state index is 0. The summed E-state index contributed by atoms with van der Waals surface area (Å²) in [5.74, 6) is 0.622. The molecule has 0 aliphatic rings. The van der Waals surface area contributed by atoms with Gasteiger partial charge >= 0.3 is 5.97 Å². The third kappa shape index (κ3) is 6.59. The molecule has 1 rings (SSSR count). The molecule has 0 radical (unpaired) electrons. The van der Waals surface area contributed by atoms with Gasteiger partial charge in [-0.05, 0) is 37.0 Å². The Kier molecular flexibility index (Phi) is 10.3. The zero-order chi connectivity index (χ0) is 15.0. The smallest absolute Gasteiger partial charge is 0.339 e. The lowest BCUT2D eigenvalue weighted by atomic mass is 10.2.